The van der Waals surface area contributed by atoms with Crippen molar-refractivity contribution >= 4 is 51.9 Å². The molecule has 3 rings (SSSR count). The van der Waals surface area contributed by atoms with Gasteiger partial charge in [0.15, 0.2) is 5.65 Å². The number of pyridine rings is 1. The van der Waals surface area contributed by atoms with E-state index in [4.69, 9.17) is 23.2 Å². The maximum atomic E-state index is 12.6. The molecule has 3 aromatic rings. The van der Waals surface area contributed by atoms with E-state index in [0.29, 0.717) is 38.4 Å². The molecule has 29 heavy (non-hydrogen) atoms. The number of halogens is 2. The van der Waals surface area contributed by atoms with Gasteiger partial charge in [-0.1, -0.05) is 55.5 Å². The van der Waals surface area contributed by atoms with Crippen molar-refractivity contribution in [1.29, 1.82) is 0 Å². The van der Waals surface area contributed by atoms with Crippen molar-refractivity contribution in [1.82, 2.24) is 19.9 Å². The maximum absolute atomic E-state index is 12.6. The van der Waals surface area contributed by atoms with Gasteiger partial charge in [0.25, 0.3) is 5.91 Å². The fourth-order valence-electron chi connectivity index (χ4n) is 3.12. The number of imidazole rings is 1. The fraction of sp³-hybridized carbons (Fsp3) is 0.381. The number of hydrogen-bond donors (Lipinski definition) is 2. The highest BCUT2D eigenvalue weighted by Gasteiger charge is 2.16. The highest BCUT2D eigenvalue weighted by Crippen LogP contribution is 2.32. The van der Waals surface area contributed by atoms with Crippen LogP contribution in [0.4, 0.5) is 11.6 Å². The number of hydrogen-bond acceptors (Lipinski definition) is 4. The molecule has 6 nitrogen and oxygen atoms in total. The van der Waals surface area contributed by atoms with E-state index in [1.807, 2.05) is 14.0 Å². The standard InChI is InChI=1S/C21H25Cl2N5O/c1-4-5-6-8-13(2)25-20(29)14-11-17-19(24-12-14)28(3)21(26-17)27-18-15(22)9-7-10-16(18)23/h7,9-13H,4-6,8H2,1-3H3,(H,25,29)(H,26,27). The largest absolute Gasteiger partial charge is 0.350 e. The lowest BCUT2D eigenvalue weighted by Gasteiger charge is -2.13. The van der Waals surface area contributed by atoms with Gasteiger partial charge in [0.05, 0.1) is 21.3 Å². The SMILES string of the molecule is CCCCCC(C)NC(=O)c1cnc2c(c1)nc(Nc1c(Cl)cccc1Cl)n2C. The van der Waals surface area contributed by atoms with Crippen LogP contribution in [0.5, 0.6) is 0 Å². The first-order valence-corrected chi connectivity index (χ1v) is 10.5. The zero-order chi connectivity index (χ0) is 21.0. The summed E-state index contributed by atoms with van der Waals surface area (Å²) in [5.74, 6) is 0.394. The van der Waals surface area contributed by atoms with E-state index in [1.165, 1.54) is 6.42 Å². The number of amides is 1. The van der Waals surface area contributed by atoms with Gasteiger partial charge in [-0.3, -0.25) is 9.36 Å². The Hall–Kier alpha value is -2.31. The predicted molar refractivity (Wildman–Crippen MR) is 119 cm³/mol. The number of aromatic nitrogens is 3. The number of para-hydroxylation sites is 1. The van der Waals surface area contributed by atoms with Crippen LogP contribution in [0.3, 0.4) is 0 Å². The lowest BCUT2D eigenvalue weighted by atomic mass is 10.1. The number of fused-ring (bicyclic) bond motifs is 1. The van der Waals surface area contributed by atoms with Gasteiger partial charge in [0.1, 0.15) is 5.52 Å². The Balaban J connectivity index is 1.79. The number of unbranched alkanes of at least 4 members (excludes halogenated alkanes) is 2. The molecule has 2 aromatic heterocycles. The number of nitrogens with one attached hydrogen (secondary N) is 2. The molecule has 0 radical (unpaired) electrons. The van der Waals surface area contributed by atoms with Gasteiger partial charge in [0, 0.05) is 19.3 Å². The molecule has 154 valence electrons. The van der Waals surface area contributed by atoms with Crippen molar-refractivity contribution < 1.29 is 4.79 Å². The molecule has 0 saturated carbocycles. The molecule has 0 bridgehead atoms. The number of anilines is 2. The molecule has 1 unspecified atom stereocenters. The summed E-state index contributed by atoms with van der Waals surface area (Å²) in [6.07, 6.45) is 5.98. The van der Waals surface area contributed by atoms with Crippen molar-refractivity contribution in [2.45, 2.75) is 45.6 Å². The Kier molecular flexibility index (Phi) is 6.98. The summed E-state index contributed by atoms with van der Waals surface area (Å²) in [5, 5.41) is 7.18. The predicted octanol–water partition coefficient (Wildman–Crippen LogP) is 5.72. The summed E-state index contributed by atoms with van der Waals surface area (Å²) in [7, 11) is 1.84. The first-order valence-electron chi connectivity index (χ1n) is 9.75. The van der Waals surface area contributed by atoms with Gasteiger partial charge in [-0.15, -0.1) is 0 Å². The molecular weight excluding hydrogens is 409 g/mol. The second kappa shape index (κ2) is 9.46. The third kappa shape index (κ3) is 5.00. The second-order valence-corrected chi connectivity index (χ2v) is 7.97. The summed E-state index contributed by atoms with van der Waals surface area (Å²) in [4.78, 5) is 21.6. The zero-order valence-corrected chi connectivity index (χ0v) is 18.3. The molecule has 0 fully saturated rings. The molecule has 1 atom stereocenters. The van der Waals surface area contributed by atoms with Gasteiger partial charge in [-0.05, 0) is 31.5 Å². The second-order valence-electron chi connectivity index (χ2n) is 7.15. The number of nitrogens with zero attached hydrogens (tertiary/aromatic N) is 3. The Morgan fingerprint density at radius 3 is 2.66 bits per heavy atom. The van der Waals surface area contributed by atoms with E-state index in [2.05, 4.69) is 27.5 Å². The molecule has 2 N–H and O–H groups in total. The topological polar surface area (TPSA) is 71.8 Å². The van der Waals surface area contributed by atoms with Crippen LogP contribution in [0.2, 0.25) is 10.0 Å². The number of benzene rings is 1. The lowest BCUT2D eigenvalue weighted by Crippen LogP contribution is -2.32. The van der Waals surface area contributed by atoms with E-state index < -0.39 is 0 Å². The number of carbonyl (C=O) groups excluding carboxylic acids is 1. The minimum Gasteiger partial charge on any atom is -0.350 e. The van der Waals surface area contributed by atoms with Crippen LogP contribution in [-0.2, 0) is 7.05 Å². The van der Waals surface area contributed by atoms with Crippen molar-refractivity contribution in [3.8, 4) is 0 Å². The zero-order valence-electron chi connectivity index (χ0n) is 16.8. The van der Waals surface area contributed by atoms with E-state index in [-0.39, 0.29) is 11.9 Å². The minimum absolute atomic E-state index is 0.119. The van der Waals surface area contributed by atoms with Crippen LogP contribution in [0.15, 0.2) is 30.5 Å². The average molecular weight is 434 g/mol. The fourth-order valence-corrected chi connectivity index (χ4v) is 3.61. The molecule has 0 spiro atoms. The van der Waals surface area contributed by atoms with Crippen LogP contribution in [0, 0.1) is 0 Å². The van der Waals surface area contributed by atoms with E-state index in [1.54, 1.807) is 35.0 Å². The molecule has 0 aliphatic rings. The first-order chi connectivity index (χ1) is 13.9. The van der Waals surface area contributed by atoms with E-state index >= 15 is 0 Å². The molecule has 0 aliphatic carbocycles. The number of carbonyl (C=O) groups is 1. The monoisotopic (exact) mass is 433 g/mol. The van der Waals surface area contributed by atoms with Crippen LogP contribution < -0.4 is 10.6 Å². The molecule has 0 aliphatic heterocycles. The minimum atomic E-state index is -0.141. The Labute approximate surface area is 180 Å². The van der Waals surface area contributed by atoms with Crippen LogP contribution in [-0.4, -0.2) is 26.5 Å². The van der Waals surface area contributed by atoms with Gasteiger partial charge >= 0.3 is 0 Å². The summed E-state index contributed by atoms with van der Waals surface area (Å²) in [5.41, 5.74) is 2.33. The summed E-state index contributed by atoms with van der Waals surface area (Å²) >= 11 is 12.5. The lowest BCUT2D eigenvalue weighted by molar-refractivity contribution is 0.0937. The van der Waals surface area contributed by atoms with Crippen molar-refractivity contribution in [2.24, 2.45) is 7.05 Å². The van der Waals surface area contributed by atoms with E-state index in [9.17, 15) is 4.79 Å². The normalized spacial score (nSPS) is 12.2. The van der Waals surface area contributed by atoms with Crippen molar-refractivity contribution in [3.05, 3.63) is 46.1 Å². The van der Waals surface area contributed by atoms with Crippen molar-refractivity contribution in [2.75, 3.05) is 5.32 Å². The summed E-state index contributed by atoms with van der Waals surface area (Å²) in [6, 6.07) is 7.14. The summed E-state index contributed by atoms with van der Waals surface area (Å²) < 4.78 is 1.80. The summed E-state index contributed by atoms with van der Waals surface area (Å²) in [6.45, 7) is 4.19. The van der Waals surface area contributed by atoms with E-state index in [0.717, 1.165) is 19.3 Å². The molecule has 0 saturated heterocycles. The molecule has 1 amide bonds. The van der Waals surface area contributed by atoms with Crippen molar-refractivity contribution in [3.63, 3.8) is 0 Å². The maximum Gasteiger partial charge on any atom is 0.253 e. The van der Waals surface area contributed by atoms with Gasteiger partial charge in [-0.25, -0.2) is 9.97 Å². The average Bonchev–Trinajstić information content (AvgIpc) is 3.00. The number of rotatable bonds is 8. The van der Waals surface area contributed by atoms with Crippen LogP contribution in [0.25, 0.3) is 11.2 Å². The first kappa shape index (κ1) is 21.4. The Morgan fingerprint density at radius 2 is 1.97 bits per heavy atom. The highest BCUT2D eigenvalue weighted by molar-refractivity contribution is 6.39. The molecule has 1 aromatic carbocycles. The molecule has 2 heterocycles. The Bertz CT molecular complexity index is 997. The molecule has 8 heteroatoms. The van der Waals surface area contributed by atoms with Gasteiger partial charge in [0.2, 0.25) is 5.95 Å². The third-order valence-electron chi connectivity index (χ3n) is 4.79. The third-order valence-corrected chi connectivity index (χ3v) is 5.42. The highest BCUT2D eigenvalue weighted by atomic mass is 35.5. The van der Waals surface area contributed by atoms with Crippen LogP contribution >= 0.6 is 23.2 Å². The quantitative estimate of drug-likeness (QED) is 0.445. The van der Waals surface area contributed by atoms with Crippen LogP contribution in [0.1, 0.15) is 49.9 Å². The van der Waals surface area contributed by atoms with Gasteiger partial charge < -0.3 is 10.6 Å². The smallest absolute Gasteiger partial charge is 0.253 e. The van der Waals surface area contributed by atoms with Gasteiger partial charge in [-0.2, -0.15) is 0 Å². The Morgan fingerprint density at radius 1 is 1.24 bits per heavy atom. The molecular formula is C21H25Cl2N5O. The number of aryl methyl sites for hydroxylation is 1.